The molecular formula is C29H25N7O. The molecule has 182 valence electrons. The van der Waals surface area contributed by atoms with Gasteiger partial charge in [-0.25, -0.2) is 15.0 Å². The largest absolute Gasteiger partial charge is 0.438 e. The lowest BCUT2D eigenvalue weighted by atomic mass is 10.0. The molecule has 1 aliphatic carbocycles. The van der Waals surface area contributed by atoms with Gasteiger partial charge in [-0.2, -0.15) is 0 Å². The number of nitrogens with one attached hydrogen (secondary N) is 2. The standard InChI is InChI=1S/C29H25N7O/c1-30-29-32-18-16-25(34-29)24-11-6-17-31-28(24)37-21-14-12-20(13-15-21)33-27-23-10-5-9-22(23)26(35-36-27)19-7-3-2-4-8-19/h2-4,6-8,11-18H,5,9-10H2,1H3,(H,33,36)(H,30,32,34). The van der Waals surface area contributed by atoms with Crippen molar-refractivity contribution in [2.24, 2.45) is 0 Å². The zero-order chi connectivity index (χ0) is 25.0. The maximum Gasteiger partial charge on any atom is 0.228 e. The molecule has 0 saturated heterocycles. The first-order chi connectivity index (χ1) is 18.3. The van der Waals surface area contributed by atoms with Crippen LogP contribution in [0.2, 0.25) is 0 Å². The van der Waals surface area contributed by atoms with Crippen LogP contribution in [-0.4, -0.2) is 32.2 Å². The van der Waals surface area contributed by atoms with Gasteiger partial charge in [0.05, 0.1) is 17.0 Å². The topological polar surface area (TPSA) is 97.7 Å². The van der Waals surface area contributed by atoms with Crippen LogP contribution in [0.5, 0.6) is 11.6 Å². The zero-order valence-corrected chi connectivity index (χ0v) is 20.3. The van der Waals surface area contributed by atoms with E-state index in [-0.39, 0.29) is 0 Å². The molecule has 0 aliphatic heterocycles. The fraction of sp³-hybridized carbons (Fsp3) is 0.138. The molecule has 0 unspecified atom stereocenters. The van der Waals surface area contributed by atoms with Gasteiger partial charge in [-0.15, -0.1) is 10.2 Å². The molecule has 0 amide bonds. The van der Waals surface area contributed by atoms with Crippen molar-refractivity contribution in [1.82, 2.24) is 25.1 Å². The Hall–Kier alpha value is -4.85. The van der Waals surface area contributed by atoms with Crippen LogP contribution in [0.4, 0.5) is 17.5 Å². The Morgan fingerprint density at radius 1 is 0.784 bits per heavy atom. The van der Waals surface area contributed by atoms with E-state index in [0.29, 0.717) is 17.6 Å². The highest BCUT2D eigenvalue weighted by atomic mass is 16.5. The minimum atomic E-state index is 0.476. The van der Waals surface area contributed by atoms with Crippen LogP contribution < -0.4 is 15.4 Å². The Morgan fingerprint density at radius 3 is 2.46 bits per heavy atom. The van der Waals surface area contributed by atoms with Gasteiger partial charge in [0.2, 0.25) is 11.8 Å². The van der Waals surface area contributed by atoms with Crippen LogP contribution in [0.3, 0.4) is 0 Å². The van der Waals surface area contributed by atoms with Gasteiger partial charge in [-0.05, 0) is 67.3 Å². The third-order valence-electron chi connectivity index (χ3n) is 6.34. The molecule has 2 aromatic carbocycles. The molecule has 3 heterocycles. The second-order valence-electron chi connectivity index (χ2n) is 8.70. The van der Waals surface area contributed by atoms with Gasteiger partial charge in [-0.1, -0.05) is 30.3 Å². The third-order valence-corrected chi connectivity index (χ3v) is 6.34. The Bertz CT molecular complexity index is 1540. The van der Waals surface area contributed by atoms with E-state index in [0.717, 1.165) is 53.3 Å². The number of hydrogen-bond donors (Lipinski definition) is 2. The Kier molecular flexibility index (Phi) is 6.12. The number of rotatable bonds is 7. The molecule has 0 spiro atoms. The Morgan fingerprint density at radius 2 is 1.62 bits per heavy atom. The summed E-state index contributed by atoms with van der Waals surface area (Å²) >= 11 is 0. The highest BCUT2D eigenvalue weighted by Crippen LogP contribution is 2.36. The lowest BCUT2D eigenvalue weighted by Gasteiger charge is -2.13. The number of anilines is 3. The molecule has 0 bridgehead atoms. The van der Waals surface area contributed by atoms with Crippen molar-refractivity contribution in [2.45, 2.75) is 19.3 Å². The average molecular weight is 488 g/mol. The number of nitrogens with zero attached hydrogens (tertiary/aromatic N) is 5. The first-order valence-corrected chi connectivity index (χ1v) is 12.2. The van der Waals surface area contributed by atoms with Gasteiger partial charge in [0.25, 0.3) is 0 Å². The number of pyridine rings is 1. The first-order valence-electron chi connectivity index (χ1n) is 12.2. The number of ether oxygens (including phenoxy) is 1. The summed E-state index contributed by atoms with van der Waals surface area (Å²) in [4.78, 5) is 13.1. The molecule has 8 heteroatoms. The maximum atomic E-state index is 6.13. The normalized spacial score (nSPS) is 12.1. The van der Waals surface area contributed by atoms with Crippen molar-refractivity contribution >= 4 is 17.5 Å². The molecule has 6 rings (SSSR count). The molecule has 2 N–H and O–H groups in total. The van der Waals surface area contributed by atoms with Crippen molar-refractivity contribution in [1.29, 1.82) is 0 Å². The molecule has 1 aliphatic rings. The summed E-state index contributed by atoms with van der Waals surface area (Å²) in [5.74, 6) is 2.50. The lowest BCUT2D eigenvalue weighted by Crippen LogP contribution is -2.03. The van der Waals surface area contributed by atoms with Crippen LogP contribution in [0, 0.1) is 0 Å². The van der Waals surface area contributed by atoms with E-state index in [4.69, 9.17) is 4.74 Å². The molecule has 3 aromatic heterocycles. The first kappa shape index (κ1) is 22.6. The summed E-state index contributed by atoms with van der Waals surface area (Å²) in [6, 6.07) is 23.6. The molecule has 8 nitrogen and oxygen atoms in total. The van der Waals surface area contributed by atoms with Crippen molar-refractivity contribution in [3.8, 4) is 34.1 Å². The van der Waals surface area contributed by atoms with Crippen molar-refractivity contribution in [3.63, 3.8) is 0 Å². The van der Waals surface area contributed by atoms with E-state index >= 15 is 0 Å². The quantitative estimate of drug-likeness (QED) is 0.286. The van der Waals surface area contributed by atoms with Gasteiger partial charge in [0, 0.05) is 36.3 Å². The second-order valence-corrected chi connectivity index (χ2v) is 8.70. The van der Waals surface area contributed by atoms with Crippen LogP contribution in [0.1, 0.15) is 17.5 Å². The minimum Gasteiger partial charge on any atom is -0.438 e. The third kappa shape index (κ3) is 4.69. The molecular weight excluding hydrogens is 462 g/mol. The summed E-state index contributed by atoms with van der Waals surface area (Å²) in [5.41, 5.74) is 7.06. The van der Waals surface area contributed by atoms with E-state index in [1.165, 1.54) is 11.1 Å². The maximum absolute atomic E-state index is 6.13. The smallest absolute Gasteiger partial charge is 0.228 e. The molecule has 0 radical (unpaired) electrons. The molecule has 37 heavy (non-hydrogen) atoms. The predicted octanol–water partition coefficient (Wildman–Crippen LogP) is 6.06. The molecule has 5 aromatic rings. The predicted molar refractivity (Wildman–Crippen MR) is 144 cm³/mol. The van der Waals surface area contributed by atoms with E-state index in [1.807, 2.05) is 60.7 Å². The fourth-order valence-electron chi connectivity index (χ4n) is 4.57. The fourth-order valence-corrected chi connectivity index (χ4v) is 4.57. The van der Waals surface area contributed by atoms with Gasteiger partial charge in [-0.3, -0.25) is 0 Å². The van der Waals surface area contributed by atoms with Gasteiger partial charge in [0.15, 0.2) is 5.82 Å². The number of aromatic nitrogens is 5. The average Bonchev–Trinajstić information content (AvgIpc) is 3.46. The van der Waals surface area contributed by atoms with Crippen LogP contribution in [0.25, 0.3) is 22.5 Å². The second kappa shape index (κ2) is 10.0. The van der Waals surface area contributed by atoms with Crippen molar-refractivity contribution in [2.75, 3.05) is 17.7 Å². The van der Waals surface area contributed by atoms with Crippen LogP contribution in [-0.2, 0) is 12.8 Å². The molecule has 0 fully saturated rings. The lowest BCUT2D eigenvalue weighted by molar-refractivity contribution is 0.465. The monoisotopic (exact) mass is 487 g/mol. The number of fused-ring (bicyclic) bond motifs is 1. The van der Waals surface area contributed by atoms with Crippen molar-refractivity contribution < 1.29 is 4.74 Å². The number of hydrogen-bond acceptors (Lipinski definition) is 8. The van der Waals surface area contributed by atoms with Crippen LogP contribution >= 0.6 is 0 Å². The van der Waals surface area contributed by atoms with Crippen molar-refractivity contribution in [3.05, 3.63) is 96.3 Å². The summed E-state index contributed by atoms with van der Waals surface area (Å²) in [6.45, 7) is 0. The van der Waals surface area contributed by atoms with Gasteiger partial charge < -0.3 is 15.4 Å². The van der Waals surface area contributed by atoms with E-state index < -0.39 is 0 Å². The summed E-state index contributed by atoms with van der Waals surface area (Å²) in [5, 5.41) is 15.5. The highest BCUT2D eigenvalue weighted by Gasteiger charge is 2.22. The zero-order valence-electron chi connectivity index (χ0n) is 20.3. The Labute approximate surface area is 214 Å². The SMILES string of the molecule is CNc1nccc(-c2cccnc2Oc2ccc(Nc3nnc(-c4ccccc4)c4c3CCC4)cc2)n1. The van der Waals surface area contributed by atoms with E-state index in [9.17, 15) is 0 Å². The summed E-state index contributed by atoms with van der Waals surface area (Å²) < 4.78 is 6.13. The minimum absolute atomic E-state index is 0.476. The van der Waals surface area contributed by atoms with E-state index in [2.05, 4.69) is 47.9 Å². The van der Waals surface area contributed by atoms with E-state index in [1.54, 1.807) is 19.4 Å². The van der Waals surface area contributed by atoms with Crippen LogP contribution in [0.15, 0.2) is 85.2 Å². The Balaban J connectivity index is 1.22. The highest BCUT2D eigenvalue weighted by molar-refractivity contribution is 5.71. The molecule has 0 saturated carbocycles. The summed E-state index contributed by atoms with van der Waals surface area (Å²) in [6.07, 6.45) is 6.53. The van der Waals surface area contributed by atoms with Gasteiger partial charge >= 0.3 is 0 Å². The number of benzene rings is 2. The summed E-state index contributed by atoms with van der Waals surface area (Å²) in [7, 11) is 1.78. The molecule has 0 atom stereocenters. The van der Waals surface area contributed by atoms with Gasteiger partial charge in [0.1, 0.15) is 5.75 Å².